The highest BCUT2D eigenvalue weighted by Crippen LogP contribution is 2.25. The van der Waals surface area contributed by atoms with Crippen LogP contribution in [-0.4, -0.2) is 12.6 Å². The van der Waals surface area contributed by atoms with Crippen LogP contribution in [0.25, 0.3) is 0 Å². The van der Waals surface area contributed by atoms with E-state index >= 15 is 0 Å². The first-order chi connectivity index (χ1) is 6.88. The molecule has 0 fully saturated rings. The maximum Gasteiger partial charge on any atom is 0.128 e. The highest BCUT2D eigenvalue weighted by Gasteiger charge is 2.28. The van der Waals surface area contributed by atoms with Crippen molar-refractivity contribution < 1.29 is 8.78 Å². The lowest BCUT2D eigenvalue weighted by molar-refractivity contribution is 0.340. The summed E-state index contributed by atoms with van der Waals surface area (Å²) in [6.07, 6.45) is 0. The van der Waals surface area contributed by atoms with Crippen LogP contribution >= 0.6 is 0 Å². The summed E-state index contributed by atoms with van der Waals surface area (Å²) < 4.78 is 26.4. The Morgan fingerprint density at radius 1 is 1.33 bits per heavy atom. The minimum absolute atomic E-state index is 0.189. The third-order valence-corrected chi connectivity index (χ3v) is 2.71. The molecule has 84 valence electrons. The zero-order chi connectivity index (χ0) is 11.6. The van der Waals surface area contributed by atoms with Gasteiger partial charge >= 0.3 is 0 Å². The highest BCUT2D eigenvalue weighted by atomic mass is 19.1. The Morgan fingerprint density at radius 2 is 1.93 bits per heavy atom. The Hall–Kier alpha value is -1.00. The molecule has 0 aliphatic rings. The molecule has 15 heavy (non-hydrogen) atoms. The lowest BCUT2D eigenvalue weighted by Gasteiger charge is -2.31. The third-order valence-electron chi connectivity index (χ3n) is 2.71. The number of nitrogens with one attached hydrogen (secondary N) is 1. The molecule has 0 saturated heterocycles. The lowest BCUT2D eigenvalue weighted by Crippen LogP contribution is -2.46. The van der Waals surface area contributed by atoms with Crippen molar-refractivity contribution in [3.8, 4) is 0 Å². The molecule has 0 aliphatic carbocycles. The highest BCUT2D eigenvalue weighted by molar-refractivity contribution is 5.24. The van der Waals surface area contributed by atoms with Crippen molar-refractivity contribution in [1.82, 2.24) is 5.32 Å². The molecule has 2 nitrogen and oxygen atoms in total. The number of nitrogens with two attached hydrogens (primary N) is 1. The molecule has 0 spiro atoms. The van der Waals surface area contributed by atoms with Crippen LogP contribution in [0.1, 0.15) is 25.5 Å². The normalized spacial score (nSPS) is 14.0. The molecule has 0 heterocycles. The molecule has 1 aromatic carbocycles. The van der Waals surface area contributed by atoms with Gasteiger partial charge in [-0.2, -0.15) is 0 Å². The van der Waals surface area contributed by atoms with Crippen LogP contribution in [0.4, 0.5) is 8.78 Å². The Morgan fingerprint density at radius 3 is 2.47 bits per heavy atom. The van der Waals surface area contributed by atoms with E-state index in [1.165, 1.54) is 0 Å². The van der Waals surface area contributed by atoms with Crippen LogP contribution in [-0.2, 0) is 0 Å². The van der Waals surface area contributed by atoms with Gasteiger partial charge in [-0.1, -0.05) is 0 Å². The van der Waals surface area contributed by atoms with Crippen molar-refractivity contribution in [2.24, 2.45) is 5.73 Å². The van der Waals surface area contributed by atoms with E-state index in [1.807, 2.05) is 13.8 Å². The Balaban J connectivity index is 3.10. The van der Waals surface area contributed by atoms with Gasteiger partial charge in [-0.15, -0.1) is 0 Å². The summed E-state index contributed by atoms with van der Waals surface area (Å²) >= 11 is 0. The van der Waals surface area contributed by atoms with Crippen molar-refractivity contribution in [2.45, 2.75) is 25.4 Å². The van der Waals surface area contributed by atoms with E-state index < -0.39 is 23.2 Å². The molecule has 0 aromatic heterocycles. The molecular weight excluding hydrogens is 198 g/mol. The molecule has 0 bridgehead atoms. The average Bonchev–Trinajstić information content (AvgIpc) is 2.20. The molecular formula is C11H16F2N2. The number of hydrogen-bond acceptors (Lipinski definition) is 2. The van der Waals surface area contributed by atoms with Gasteiger partial charge in [0.2, 0.25) is 0 Å². The van der Waals surface area contributed by atoms with Crippen LogP contribution in [0, 0.1) is 11.6 Å². The van der Waals surface area contributed by atoms with E-state index in [-0.39, 0.29) is 5.56 Å². The zero-order valence-electron chi connectivity index (χ0n) is 9.14. The molecule has 4 heteroatoms. The molecule has 1 atom stereocenters. The SMILES string of the molecule is CNC(C)(C)C(N)c1cc(F)ccc1F. The quantitative estimate of drug-likeness (QED) is 0.807. The average molecular weight is 214 g/mol. The van der Waals surface area contributed by atoms with Crippen molar-refractivity contribution >= 4 is 0 Å². The summed E-state index contributed by atoms with van der Waals surface area (Å²) in [5, 5.41) is 2.97. The predicted molar refractivity (Wildman–Crippen MR) is 56.4 cm³/mol. The number of halogens is 2. The first kappa shape index (κ1) is 12.1. The molecule has 1 rings (SSSR count). The van der Waals surface area contributed by atoms with E-state index in [4.69, 9.17) is 5.73 Å². The van der Waals surface area contributed by atoms with Gasteiger partial charge in [0.05, 0.1) is 6.04 Å². The minimum atomic E-state index is -0.599. The molecule has 3 N–H and O–H groups in total. The lowest BCUT2D eigenvalue weighted by atomic mass is 9.89. The molecule has 1 aromatic rings. The molecule has 0 aliphatic heterocycles. The van der Waals surface area contributed by atoms with Gasteiger partial charge in [0.25, 0.3) is 0 Å². The Kier molecular flexibility index (Phi) is 3.42. The zero-order valence-corrected chi connectivity index (χ0v) is 9.14. The Labute approximate surface area is 88.5 Å². The summed E-state index contributed by atoms with van der Waals surface area (Å²) in [7, 11) is 1.73. The van der Waals surface area contributed by atoms with Crippen LogP contribution in [0.2, 0.25) is 0 Å². The van der Waals surface area contributed by atoms with Crippen LogP contribution in [0.3, 0.4) is 0 Å². The molecule has 0 saturated carbocycles. The number of benzene rings is 1. The largest absolute Gasteiger partial charge is 0.322 e. The topological polar surface area (TPSA) is 38.0 Å². The van der Waals surface area contributed by atoms with E-state index in [0.717, 1.165) is 18.2 Å². The van der Waals surface area contributed by atoms with E-state index in [1.54, 1.807) is 7.05 Å². The monoisotopic (exact) mass is 214 g/mol. The Bertz CT molecular complexity index is 350. The van der Waals surface area contributed by atoms with Gasteiger partial charge in [-0.3, -0.25) is 0 Å². The summed E-state index contributed by atoms with van der Waals surface area (Å²) in [6.45, 7) is 3.67. The molecule has 1 unspecified atom stereocenters. The molecule has 0 radical (unpaired) electrons. The molecule has 0 amide bonds. The van der Waals surface area contributed by atoms with Crippen molar-refractivity contribution in [3.05, 3.63) is 35.4 Å². The second kappa shape index (κ2) is 4.24. The van der Waals surface area contributed by atoms with Crippen molar-refractivity contribution in [1.29, 1.82) is 0 Å². The van der Waals surface area contributed by atoms with Gasteiger partial charge in [0.1, 0.15) is 11.6 Å². The fourth-order valence-electron chi connectivity index (χ4n) is 1.30. The maximum absolute atomic E-state index is 13.4. The van der Waals surface area contributed by atoms with Crippen molar-refractivity contribution in [2.75, 3.05) is 7.05 Å². The van der Waals surface area contributed by atoms with E-state index in [2.05, 4.69) is 5.32 Å². The van der Waals surface area contributed by atoms with Crippen LogP contribution in [0.5, 0.6) is 0 Å². The fraction of sp³-hybridized carbons (Fsp3) is 0.455. The second-order valence-electron chi connectivity index (χ2n) is 4.12. The van der Waals surface area contributed by atoms with E-state index in [0.29, 0.717) is 0 Å². The second-order valence-corrected chi connectivity index (χ2v) is 4.12. The predicted octanol–water partition coefficient (Wildman–Crippen LogP) is 1.96. The summed E-state index contributed by atoms with van der Waals surface area (Å²) in [5.41, 5.74) is 5.58. The van der Waals surface area contributed by atoms with Crippen LogP contribution < -0.4 is 11.1 Å². The number of rotatable bonds is 3. The minimum Gasteiger partial charge on any atom is -0.322 e. The summed E-state index contributed by atoms with van der Waals surface area (Å²) in [5.74, 6) is -0.957. The first-order valence-electron chi connectivity index (χ1n) is 4.78. The van der Waals surface area contributed by atoms with Gasteiger partial charge in [-0.05, 0) is 39.1 Å². The standard InChI is InChI=1S/C11H16F2N2/c1-11(2,15-3)10(14)8-6-7(12)4-5-9(8)13/h4-6,10,15H,14H2,1-3H3. The van der Waals surface area contributed by atoms with Gasteiger partial charge in [-0.25, -0.2) is 8.78 Å². The first-order valence-corrected chi connectivity index (χ1v) is 4.78. The maximum atomic E-state index is 13.4. The number of hydrogen-bond donors (Lipinski definition) is 2. The summed E-state index contributed by atoms with van der Waals surface area (Å²) in [4.78, 5) is 0. The third kappa shape index (κ3) is 2.52. The van der Waals surface area contributed by atoms with Gasteiger partial charge in [0.15, 0.2) is 0 Å². The smallest absolute Gasteiger partial charge is 0.128 e. The summed E-state index contributed by atoms with van der Waals surface area (Å²) in [6, 6.07) is 2.71. The van der Waals surface area contributed by atoms with E-state index in [9.17, 15) is 8.78 Å². The van der Waals surface area contributed by atoms with Crippen molar-refractivity contribution in [3.63, 3.8) is 0 Å². The fourth-order valence-corrected chi connectivity index (χ4v) is 1.30. The van der Waals surface area contributed by atoms with Gasteiger partial charge in [0, 0.05) is 11.1 Å². The number of likely N-dealkylation sites (N-methyl/N-ethyl adjacent to an activating group) is 1. The van der Waals surface area contributed by atoms with Crippen LogP contribution in [0.15, 0.2) is 18.2 Å². The van der Waals surface area contributed by atoms with Gasteiger partial charge < -0.3 is 11.1 Å².